The molecule has 2 N–H and O–H groups in total. The summed E-state index contributed by atoms with van der Waals surface area (Å²) in [6.45, 7) is 33.3. The summed E-state index contributed by atoms with van der Waals surface area (Å²) in [7, 11) is 0. The molecule has 45 heavy (non-hydrogen) atoms. The van der Waals surface area contributed by atoms with Gasteiger partial charge in [0.1, 0.15) is 5.60 Å². The highest BCUT2D eigenvalue weighted by molar-refractivity contribution is 5.88. The highest BCUT2D eigenvalue weighted by atomic mass is 16.5. The number of allylic oxidation sites excluding steroid dienone is 4. The van der Waals surface area contributed by atoms with Crippen molar-refractivity contribution in [1.82, 2.24) is 0 Å². The van der Waals surface area contributed by atoms with Gasteiger partial charge in [-0.1, -0.05) is 102 Å². The molecule has 1 spiro atoms. The molecule has 3 aliphatic carbocycles. The molecular formula is C41H73NO3. The summed E-state index contributed by atoms with van der Waals surface area (Å²) < 4.78 is 13.1. The van der Waals surface area contributed by atoms with E-state index in [0.29, 0.717) is 30.3 Å². The molecule has 2 saturated carbocycles. The fraction of sp³-hybridized carbons (Fsp3) is 0.829. The van der Waals surface area contributed by atoms with Crippen molar-refractivity contribution < 1.29 is 14.3 Å². The minimum absolute atomic E-state index is 0.0446. The SMILES string of the molecule is CC.CC.CCC(OCC(C)(N)C(C)C)/C(=C/C(C)=O)C1CCC2C(=CC[C@]34C=CO[C@]([C@H](C)C(C)C)(CCC23C)C4)C1(C)C. The van der Waals surface area contributed by atoms with Gasteiger partial charge in [0, 0.05) is 11.0 Å². The monoisotopic (exact) mass is 628 g/mol. The molecule has 260 valence electrons. The lowest BCUT2D eigenvalue weighted by Crippen LogP contribution is -2.61. The van der Waals surface area contributed by atoms with Crippen molar-refractivity contribution in [3.63, 3.8) is 0 Å². The van der Waals surface area contributed by atoms with Crippen LogP contribution in [0.15, 0.2) is 35.6 Å². The minimum atomic E-state index is -0.406. The molecule has 0 saturated heterocycles. The standard InChI is InChI=1S/C37H61NO3.2C2H6/c1-12-32(40-23-35(11,38)25(4)5)28(21-26(6)39)29-13-14-31-30(33(29,8)9)15-16-36-19-20-41-37(22-36,27(7)24(2)3)18-17-34(31,36)10;2*1-2/h15,19-21,24-25,27,29,31-32H,12-14,16-18,22-23,38H2,1-11H3;2*1-2H3/b28-21+;;/t27-,29?,31?,32?,34?,35?,36-,37-;;/m1../s1. The normalized spacial score (nSPS) is 34.4. The number of hydrogen-bond donors (Lipinski definition) is 1. The van der Waals surface area contributed by atoms with Crippen LogP contribution >= 0.6 is 0 Å². The maximum Gasteiger partial charge on any atom is 0.152 e. The third-order valence-electron chi connectivity index (χ3n) is 13.0. The molecule has 2 fully saturated rings. The Morgan fingerprint density at radius 1 is 1.09 bits per heavy atom. The first-order chi connectivity index (χ1) is 21.0. The van der Waals surface area contributed by atoms with Crippen LogP contribution in [0.5, 0.6) is 0 Å². The number of fused-ring (bicyclic) bond motifs is 3. The van der Waals surface area contributed by atoms with Crippen LogP contribution in [0.25, 0.3) is 0 Å². The quantitative estimate of drug-likeness (QED) is 0.193. The van der Waals surface area contributed by atoms with Gasteiger partial charge in [-0.15, -0.1) is 0 Å². The van der Waals surface area contributed by atoms with Gasteiger partial charge >= 0.3 is 0 Å². The molecule has 0 aromatic rings. The minimum Gasteiger partial charge on any atom is -0.495 e. The first-order valence-corrected chi connectivity index (χ1v) is 18.6. The van der Waals surface area contributed by atoms with Crippen LogP contribution in [0.4, 0.5) is 0 Å². The Bertz CT molecular complexity index is 1080. The summed E-state index contributed by atoms with van der Waals surface area (Å²) in [6, 6.07) is 0. The smallest absolute Gasteiger partial charge is 0.152 e. The fourth-order valence-electron chi connectivity index (χ4n) is 9.18. The van der Waals surface area contributed by atoms with Crippen LogP contribution < -0.4 is 5.73 Å². The summed E-state index contributed by atoms with van der Waals surface area (Å²) in [5.41, 5.74) is 9.26. The average Bonchev–Trinajstić information content (AvgIpc) is 2.99. The number of ketones is 1. The number of nitrogens with two attached hydrogens (primary N) is 1. The average molecular weight is 628 g/mol. The number of ether oxygens (including phenoxy) is 2. The van der Waals surface area contributed by atoms with E-state index < -0.39 is 5.54 Å². The molecule has 2 bridgehead atoms. The van der Waals surface area contributed by atoms with Gasteiger partial charge in [-0.05, 0) is 117 Å². The second-order valence-corrected chi connectivity index (χ2v) is 16.2. The lowest BCUT2D eigenvalue weighted by molar-refractivity contribution is -0.173. The van der Waals surface area contributed by atoms with Crippen LogP contribution in [0.1, 0.15) is 149 Å². The zero-order chi connectivity index (χ0) is 34.6. The molecule has 5 unspecified atom stereocenters. The van der Waals surface area contributed by atoms with Crippen molar-refractivity contribution in [1.29, 1.82) is 0 Å². The predicted octanol–water partition coefficient (Wildman–Crippen LogP) is 10.9. The van der Waals surface area contributed by atoms with Crippen LogP contribution in [-0.2, 0) is 14.3 Å². The molecule has 0 aromatic heterocycles. The van der Waals surface area contributed by atoms with Gasteiger partial charge in [-0.25, -0.2) is 0 Å². The topological polar surface area (TPSA) is 61.5 Å². The molecule has 1 aliphatic heterocycles. The fourth-order valence-corrected chi connectivity index (χ4v) is 9.18. The van der Waals surface area contributed by atoms with Gasteiger partial charge in [0.25, 0.3) is 0 Å². The molecule has 4 heteroatoms. The van der Waals surface area contributed by atoms with E-state index in [1.54, 1.807) is 12.5 Å². The largest absolute Gasteiger partial charge is 0.495 e. The third-order valence-corrected chi connectivity index (χ3v) is 13.0. The van der Waals surface area contributed by atoms with Gasteiger partial charge < -0.3 is 15.2 Å². The zero-order valence-corrected chi connectivity index (χ0v) is 32.2. The summed E-state index contributed by atoms with van der Waals surface area (Å²) in [5, 5.41) is 0. The van der Waals surface area contributed by atoms with Crippen LogP contribution in [-0.4, -0.2) is 29.6 Å². The van der Waals surface area contributed by atoms with Gasteiger partial charge in [-0.2, -0.15) is 0 Å². The molecule has 0 aromatic carbocycles. The Kier molecular flexibility index (Phi) is 13.5. The van der Waals surface area contributed by atoms with Gasteiger partial charge in [0.2, 0.25) is 0 Å². The number of hydrogen-bond acceptors (Lipinski definition) is 4. The Hall–Kier alpha value is -1.39. The second kappa shape index (κ2) is 15.2. The van der Waals surface area contributed by atoms with Crippen molar-refractivity contribution in [2.24, 2.45) is 51.6 Å². The number of carbonyl (C=O) groups excluding carboxylic acids is 1. The molecule has 0 amide bonds. The third kappa shape index (κ3) is 7.38. The van der Waals surface area contributed by atoms with Gasteiger partial charge in [-0.3, -0.25) is 4.79 Å². The lowest BCUT2D eigenvalue weighted by Gasteiger charge is -2.66. The van der Waals surface area contributed by atoms with Crippen LogP contribution in [0.3, 0.4) is 0 Å². The van der Waals surface area contributed by atoms with Crippen molar-refractivity contribution in [2.75, 3.05) is 6.61 Å². The maximum absolute atomic E-state index is 12.6. The Morgan fingerprint density at radius 3 is 2.24 bits per heavy atom. The first-order valence-electron chi connectivity index (χ1n) is 18.6. The molecular weight excluding hydrogens is 554 g/mol. The number of carbonyl (C=O) groups is 1. The van der Waals surface area contributed by atoms with E-state index in [4.69, 9.17) is 15.2 Å². The van der Waals surface area contributed by atoms with Crippen molar-refractivity contribution in [3.05, 3.63) is 35.6 Å². The Labute approximate surface area is 279 Å². The van der Waals surface area contributed by atoms with Gasteiger partial charge in [0.05, 0.1) is 19.0 Å². The maximum atomic E-state index is 12.6. The zero-order valence-electron chi connectivity index (χ0n) is 32.2. The van der Waals surface area contributed by atoms with Gasteiger partial charge in [0.15, 0.2) is 5.78 Å². The lowest BCUT2D eigenvalue weighted by atomic mass is 9.40. The van der Waals surface area contributed by atoms with E-state index in [-0.39, 0.29) is 39.7 Å². The molecule has 1 heterocycles. The van der Waals surface area contributed by atoms with Crippen LogP contribution in [0, 0.1) is 45.8 Å². The summed E-state index contributed by atoms with van der Waals surface area (Å²) in [6.07, 6.45) is 16.6. The van der Waals surface area contributed by atoms with Crippen molar-refractivity contribution in [2.45, 2.75) is 166 Å². The van der Waals surface area contributed by atoms with E-state index in [9.17, 15) is 4.79 Å². The summed E-state index contributed by atoms with van der Waals surface area (Å²) in [5.74, 6) is 2.37. The predicted molar refractivity (Wildman–Crippen MR) is 193 cm³/mol. The van der Waals surface area contributed by atoms with E-state index in [0.717, 1.165) is 38.5 Å². The first kappa shape index (κ1) is 39.8. The van der Waals surface area contributed by atoms with Crippen LogP contribution in [0.2, 0.25) is 0 Å². The Morgan fingerprint density at radius 2 is 1.71 bits per heavy atom. The van der Waals surface area contributed by atoms with Crippen molar-refractivity contribution >= 4 is 5.78 Å². The summed E-state index contributed by atoms with van der Waals surface area (Å²) in [4.78, 5) is 12.6. The molecule has 8 atom stereocenters. The highest BCUT2D eigenvalue weighted by Crippen LogP contribution is 2.71. The Balaban J connectivity index is 0.00000169. The van der Waals surface area contributed by atoms with Crippen molar-refractivity contribution in [3.8, 4) is 0 Å². The van der Waals surface area contributed by atoms with E-state index in [1.165, 1.54) is 12.0 Å². The molecule has 4 rings (SSSR count). The number of rotatable bonds is 10. The molecule has 4 nitrogen and oxygen atoms in total. The summed E-state index contributed by atoms with van der Waals surface area (Å²) >= 11 is 0. The van der Waals surface area contributed by atoms with E-state index >= 15 is 0 Å². The highest BCUT2D eigenvalue weighted by Gasteiger charge is 2.65. The molecule has 4 aliphatic rings. The second-order valence-electron chi connectivity index (χ2n) is 16.2. The van der Waals surface area contributed by atoms with E-state index in [2.05, 4.69) is 87.7 Å². The van der Waals surface area contributed by atoms with E-state index in [1.807, 2.05) is 33.8 Å². The molecule has 0 radical (unpaired) electrons.